The van der Waals surface area contributed by atoms with Crippen LogP contribution in [0.5, 0.6) is 0 Å². The van der Waals surface area contributed by atoms with E-state index in [9.17, 15) is 0 Å². The van der Waals surface area contributed by atoms with Gasteiger partial charge in [0, 0.05) is 19.6 Å². The summed E-state index contributed by atoms with van der Waals surface area (Å²) in [7, 11) is 0. The van der Waals surface area contributed by atoms with E-state index in [0.29, 0.717) is 19.4 Å². The maximum absolute atomic E-state index is 8.55. The van der Waals surface area contributed by atoms with Crippen LogP contribution in [0.3, 0.4) is 0 Å². The van der Waals surface area contributed by atoms with Crippen molar-refractivity contribution in [2.75, 3.05) is 6.61 Å². The normalized spacial score (nSPS) is 9.29. The van der Waals surface area contributed by atoms with Crippen LogP contribution in [0.15, 0.2) is 18.2 Å². The summed E-state index contributed by atoms with van der Waals surface area (Å²) in [5, 5.41) is 8.55. The van der Waals surface area contributed by atoms with Crippen LogP contribution in [0, 0.1) is 11.8 Å². The lowest BCUT2D eigenvalue weighted by Gasteiger charge is -1.94. The zero-order valence-corrected chi connectivity index (χ0v) is 8.03. The lowest BCUT2D eigenvalue weighted by Crippen LogP contribution is -1.99. The van der Waals surface area contributed by atoms with Gasteiger partial charge >= 0.3 is 0 Å². The van der Waals surface area contributed by atoms with Crippen molar-refractivity contribution < 1.29 is 5.11 Å². The molecular weight excluding hydrogens is 176 g/mol. The number of aliphatic hydroxyl groups excluding tert-OH is 1. The molecule has 0 aliphatic heterocycles. The van der Waals surface area contributed by atoms with Gasteiger partial charge in [0.2, 0.25) is 0 Å². The van der Waals surface area contributed by atoms with Crippen molar-refractivity contribution in [1.82, 2.24) is 4.98 Å². The van der Waals surface area contributed by atoms with Crippen LogP contribution >= 0.6 is 0 Å². The third-order valence-electron chi connectivity index (χ3n) is 1.69. The zero-order chi connectivity index (χ0) is 10.2. The molecule has 0 aliphatic carbocycles. The van der Waals surface area contributed by atoms with Crippen LogP contribution in [0.4, 0.5) is 0 Å². The molecule has 0 aromatic carbocycles. The summed E-state index contributed by atoms with van der Waals surface area (Å²) in [6, 6.07) is 5.62. The molecule has 3 N–H and O–H groups in total. The molecule has 0 unspecified atom stereocenters. The third kappa shape index (κ3) is 3.56. The summed E-state index contributed by atoms with van der Waals surface area (Å²) >= 11 is 0. The summed E-state index contributed by atoms with van der Waals surface area (Å²) in [6.07, 6.45) is 1.41. The SMILES string of the molecule is NCc1cccc(C#CCCCO)n1. The van der Waals surface area contributed by atoms with Gasteiger partial charge in [0.05, 0.1) is 5.69 Å². The Hall–Kier alpha value is -1.37. The molecule has 0 amide bonds. The molecule has 0 saturated heterocycles. The fourth-order valence-corrected chi connectivity index (χ4v) is 0.983. The van der Waals surface area contributed by atoms with E-state index in [1.54, 1.807) is 0 Å². The number of hydrogen-bond donors (Lipinski definition) is 2. The van der Waals surface area contributed by atoms with E-state index in [2.05, 4.69) is 16.8 Å². The van der Waals surface area contributed by atoms with Gasteiger partial charge in [0.15, 0.2) is 0 Å². The highest BCUT2D eigenvalue weighted by Crippen LogP contribution is 1.97. The second-order valence-corrected chi connectivity index (χ2v) is 2.85. The predicted molar refractivity (Wildman–Crippen MR) is 55.3 cm³/mol. The lowest BCUT2D eigenvalue weighted by atomic mass is 10.2. The molecule has 1 heterocycles. The molecule has 1 aromatic rings. The standard InChI is InChI=1S/C11H14N2O/c12-9-11-7-4-6-10(13-11)5-2-1-3-8-14/h4,6-7,14H,1,3,8-9,12H2. The second-order valence-electron chi connectivity index (χ2n) is 2.85. The Morgan fingerprint density at radius 1 is 1.43 bits per heavy atom. The van der Waals surface area contributed by atoms with Gasteiger partial charge in [0.25, 0.3) is 0 Å². The van der Waals surface area contributed by atoms with Crippen molar-refractivity contribution in [3.63, 3.8) is 0 Å². The minimum absolute atomic E-state index is 0.185. The Bertz CT molecular complexity index is 339. The molecule has 0 atom stereocenters. The highest BCUT2D eigenvalue weighted by Gasteiger charge is 1.91. The van der Waals surface area contributed by atoms with Crippen LogP contribution in [0.2, 0.25) is 0 Å². The summed E-state index contributed by atoms with van der Waals surface area (Å²) < 4.78 is 0. The Balaban J connectivity index is 2.60. The summed E-state index contributed by atoms with van der Waals surface area (Å²) in [6.45, 7) is 0.622. The van der Waals surface area contributed by atoms with Crippen molar-refractivity contribution in [2.45, 2.75) is 19.4 Å². The van der Waals surface area contributed by atoms with E-state index >= 15 is 0 Å². The van der Waals surface area contributed by atoms with Crippen LogP contribution < -0.4 is 5.73 Å². The van der Waals surface area contributed by atoms with Gasteiger partial charge < -0.3 is 10.8 Å². The smallest absolute Gasteiger partial charge is 0.113 e. The van der Waals surface area contributed by atoms with Crippen molar-refractivity contribution in [3.05, 3.63) is 29.6 Å². The average Bonchev–Trinajstić information content (AvgIpc) is 2.25. The maximum atomic E-state index is 8.55. The molecule has 0 radical (unpaired) electrons. The van der Waals surface area contributed by atoms with E-state index in [-0.39, 0.29) is 6.61 Å². The number of hydrogen-bond acceptors (Lipinski definition) is 3. The summed E-state index contributed by atoms with van der Waals surface area (Å²) in [5.41, 5.74) is 7.04. The number of pyridine rings is 1. The number of rotatable bonds is 3. The molecule has 74 valence electrons. The Morgan fingerprint density at radius 2 is 2.29 bits per heavy atom. The highest BCUT2D eigenvalue weighted by molar-refractivity contribution is 5.28. The Kier molecular flexibility index (Phi) is 4.70. The number of aromatic nitrogens is 1. The van der Waals surface area contributed by atoms with E-state index in [0.717, 1.165) is 11.4 Å². The zero-order valence-electron chi connectivity index (χ0n) is 8.03. The van der Waals surface area contributed by atoms with Gasteiger partial charge in [0.1, 0.15) is 5.69 Å². The fraction of sp³-hybridized carbons (Fsp3) is 0.364. The molecule has 3 nitrogen and oxygen atoms in total. The molecular formula is C11H14N2O. The molecule has 0 saturated carbocycles. The Morgan fingerprint density at radius 3 is 3.00 bits per heavy atom. The van der Waals surface area contributed by atoms with Crippen LogP contribution in [0.25, 0.3) is 0 Å². The van der Waals surface area contributed by atoms with Crippen molar-refractivity contribution >= 4 is 0 Å². The van der Waals surface area contributed by atoms with Gasteiger partial charge in [-0.2, -0.15) is 0 Å². The van der Waals surface area contributed by atoms with Crippen LogP contribution in [0.1, 0.15) is 24.2 Å². The largest absolute Gasteiger partial charge is 0.396 e. The van der Waals surface area contributed by atoms with Crippen molar-refractivity contribution in [3.8, 4) is 11.8 Å². The fourth-order valence-electron chi connectivity index (χ4n) is 0.983. The van der Waals surface area contributed by atoms with Crippen LogP contribution in [-0.4, -0.2) is 16.7 Å². The quantitative estimate of drug-likeness (QED) is 0.544. The molecule has 1 rings (SSSR count). The van der Waals surface area contributed by atoms with Crippen molar-refractivity contribution in [1.29, 1.82) is 0 Å². The Labute approximate surface area is 84.0 Å². The first-order valence-electron chi connectivity index (χ1n) is 4.62. The highest BCUT2D eigenvalue weighted by atomic mass is 16.2. The van der Waals surface area contributed by atoms with Gasteiger partial charge in [-0.1, -0.05) is 12.0 Å². The maximum Gasteiger partial charge on any atom is 0.113 e. The molecule has 0 bridgehead atoms. The van der Waals surface area contributed by atoms with E-state index in [4.69, 9.17) is 10.8 Å². The topological polar surface area (TPSA) is 59.1 Å². The van der Waals surface area contributed by atoms with Gasteiger partial charge in [-0.3, -0.25) is 0 Å². The molecule has 0 spiro atoms. The van der Waals surface area contributed by atoms with E-state index < -0.39 is 0 Å². The second kappa shape index (κ2) is 6.14. The number of nitrogens with two attached hydrogens (primary N) is 1. The molecule has 1 aromatic heterocycles. The molecule has 3 heteroatoms. The minimum atomic E-state index is 0.185. The van der Waals surface area contributed by atoms with Gasteiger partial charge in [-0.15, -0.1) is 0 Å². The monoisotopic (exact) mass is 190 g/mol. The molecule has 14 heavy (non-hydrogen) atoms. The van der Waals surface area contributed by atoms with Gasteiger partial charge in [-0.05, 0) is 24.5 Å². The van der Waals surface area contributed by atoms with Crippen molar-refractivity contribution in [2.24, 2.45) is 5.73 Å². The minimum Gasteiger partial charge on any atom is -0.396 e. The third-order valence-corrected chi connectivity index (χ3v) is 1.69. The van der Waals surface area contributed by atoms with E-state index in [1.165, 1.54) is 0 Å². The average molecular weight is 190 g/mol. The lowest BCUT2D eigenvalue weighted by molar-refractivity contribution is 0.290. The first-order valence-corrected chi connectivity index (χ1v) is 4.62. The number of aliphatic hydroxyl groups is 1. The first-order chi connectivity index (χ1) is 6.86. The molecule has 0 aliphatic rings. The number of nitrogens with zero attached hydrogens (tertiary/aromatic N) is 1. The van der Waals surface area contributed by atoms with E-state index in [1.807, 2.05) is 18.2 Å². The summed E-state index contributed by atoms with van der Waals surface area (Å²) in [4.78, 5) is 4.23. The molecule has 0 fully saturated rings. The predicted octanol–water partition coefficient (Wildman–Crippen LogP) is 0.664. The van der Waals surface area contributed by atoms with Gasteiger partial charge in [-0.25, -0.2) is 4.98 Å². The first kappa shape index (κ1) is 10.7. The summed E-state index contributed by atoms with van der Waals surface area (Å²) in [5.74, 6) is 5.87. The van der Waals surface area contributed by atoms with Crippen LogP contribution in [-0.2, 0) is 6.54 Å². The number of unbranched alkanes of at least 4 members (excludes halogenated alkanes) is 1.